The summed E-state index contributed by atoms with van der Waals surface area (Å²) in [4.78, 5) is 11.5. The fourth-order valence-corrected chi connectivity index (χ4v) is 1.87. The molecule has 1 aromatic carbocycles. The molecule has 0 saturated heterocycles. The van der Waals surface area contributed by atoms with E-state index < -0.39 is 0 Å². The predicted molar refractivity (Wildman–Crippen MR) is 77.3 cm³/mol. The van der Waals surface area contributed by atoms with Gasteiger partial charge in [-0.3, -0.25) is 4.79 Å². The van der Waals surface area contributed by atoms with Crippen LogP contribution in [0.2, 0.25) is 0 Å². The van der Waals surface area contributed by atoms with Gasteiger partial charge < -0.3 is 19.5 Å². The summed E-state index contributed by atoms with van der Waals surface area (Å²) in [5.74, 6) is 1.10. The second-order valence-corrected chi connectivity index (χ2v) is 4.42. The molecular weight excluding hydrogens is 258 g/mol. The Kier molecular flexibility index (Phi) is 6.87. The SMILES string of the molecule is CCNC(CCOc1ccc(C)cc1OC)C(=O)OC. The van der Waals surface area contributed by atoms with Crippen LogP contribution in [0, 0.1) is 6.92 Å². The van der Waals surface area contributed by atoms with Gasteiger partial charge in [-0.05, 0) is 31.2 Å². The molecule has 0 radical (unpaired) electrons. The Balaban J connectivity index is 2.56. The first kappa shape index (κ1) is 16.3. The van der Waals surface area contributed by atoms with E-state index in [1.54, 1.807) is 7.11 Å². The number of esters is 1. The number of methoxy groups -OCH3 is 2. The molecule has 1 rings (SSSR count). The second-order valence-electron chi connectivity index (χ2n) is 4.42. The third-order valence-electron chi connectivity index (χ3n) is 2.92. The van der Waals surface area contributed by atoms with Crippen molar-refractivity contribution in [3.8, 4) is 11.5 Å². The molecule has 0 fully saturated rings. The summed E-state index contributed by atoms with van der Waals surface area (Å²) in [5, 5.41) is 3.07. The van der Waals surface area contributed by atoms with Crippen molar-refractivity contribution >= 4 is 5.97 Å². The normalized spacial score (nSPS) is 11.8. The monoisotopic (exact) mass is 281 g/mol. The molecule has 112 valence electrons. The lowest BCUT2D eigenvalue weighted by Crippen LogP contribution is -2.38. The molecule has 0 spiro atoms. The van der Waals surface area contributed by atoms with Crippen molar-refractivity contribution in [2.24, 2.45) is 0 Å². The quantitative estimate of drug-likeness (QED) is 0.738. The zero-order chi connectivity index (χ0) is 15.0. The number of benzene rings is 1. The predicted octanol–water partition coefficient (Wildman–Crippen LogP) is 1.92. The summed E-state index contributed by atoms with van der Waals surface area (Å²) in [6.45, 7) is 5.05. The Morgan fingerprint density at radius 3 is 2.65 bits per heavy atom. The van der Waals surface area contributed by atoms with E-state index in [9.17, 15) is 4.79 Å². The number of rotatable bonds is 8. The lowest BCUT2D eigenvalue weighted by atomic mass is 10.2. The van der Waals surface area contributed by atoms with Crippen molar-refractivity contribution in [3.05, 3.63) is 23.8 Å². The van der Waals surface area contributed by atoms with Crippen LogP contribution in [-0.4, -0.2) is 39.4 Å². The van der Waals surface area contributed by atoms with Crippen molar-refractivity contribution in [3.63, 3.8) is 0 Å². The maximum absolute atomic E-state index is 11.5. The molecule has 5 nitrogen and oxygen atoms in total. The van der Waals surface area contributed by atoms with Gasteiger partial charge in [0, 0.05) is 6.42 Å². The summed E-state index contributed by atoms with van der Waals surface area (Å²) in [7, 11) is 2.99. The minimum absolute atomic E-state index is 0.272. The van der Waals surface area contributed by atoms with E-state index >= 15 is 0 Å². The van der Waals surface area contributed by atoms with Crippen LogP contribution < -0.4 is 14.8 Å². The van der Waals surface area contributed by atoms with Gasteiger partial charge in [0.1, 0.15) is 6.04 Å². The first-order valence-electron chi connectivity index (χ1n) is 6.71. The Labute approximate surface area is 120 Å². The van der Waals surface area contributed by atoms with Crippen LogP contribution in [-0.2, 0) is 9.53 Å². The molecule has 0 aliphatic heterocycles. The summed E-state index contributed by atoms with van der Waals surface area (Å²) < 4.78 is 15.7. The zero-order valence-corrected chi connectivity index (χ0v) is 12.6. The zero-order valence-electron chi connectivity index (χ0n) is 12.6. The maximum atomic E-state index is 11.5. The highest BCUT2D eigenvalue weighted by Gasteiger charge is 2.17. The van der Waals surface area contributed by atoms with E-state index in [0.29, 0.717) is 31.1 Å². The van der Waals surface area contributed by atoms with Gasteiger partial charge in [0.15, 0.2) is 11.5 Å². The Bertz CT molecular complexity index is 434. The van der Waals surface area contributed by atoms with Gasteiger partial charge in [-0.1, -0.05) is 13.0 Å². The average molecular weight is 281 g/mol. The van der Waals surface area contributed by atoms with Crippen LogP contribution in [0.3, 0.4) is 0 Å². The molecule has 0 aromatic heterocycles. The highest BCUT2D eigenvalue weighted by Crippen LogP contribution is 2.27. The molecule has 0 heterocycles. The van der Waals surface area contributed by atoms with E-state index in [0.717, 1.165) is 5.56 Å². The summed E-state index contributed by atoms with van der Waals surface area (Å²) in [6, 6.07) is 5.40. The van der Waals surface area contributed by atoms with Gasteiger partial charge in [0.2, 0.25) is 0 Å². The van der Waals surface area contributed by atoms with Crippen LogP contribution in [0.1, 0.15) is 18.9 Å². The van der Waals surface area contributed by atoms with Crippen LogP contribution >= 0.6 is 0 Å². The van der Waals surface area contributed by atoms with Gasteiger partial charge in [0.25, 0.3) is 0 Å². The van der Waals surface area contributed by atoms with E-state index in [-0.39, 0.29) is 12.0 Å². The van der Waals surface area contributed by atoms with Gasteiger partial charge in [-0.15, -0.1) is 0 Å². The van der Waals surface area contributed by atoms with Crippen LogP contribution in [0.4, 0.5) is 0 Å². The standard InChI is InChI=1S/C15H23NO4/c1-5-16-12(15(17)19-4)8-9-20-13-7-6-11(2)10-14(13)18-3/h6-7,10,12,16H,5,8-9H2,1-4H3. The smallest absolute Gasteiger partial charge is 0.322 e. The number of carbonyl (C=O) groups excluding carboxylic acids is 1. The topological polar surface area (TPSA) is 56.8 Å². The van der Waals surface area contributed by atoms with Crippen molar-refractivity contribution in [1.29, 1.82) is 0 Å². The van der Waals surface area contributed by atoms with E-state index in [1.807, 2.05) is 32.0 Å². The van der Waals surface area contributed by atoms with Crippen molar-refractivity contribution in [1.82, 2.24) is 5.32 Å². The summed E-state index contributed by atoms with van der Waals surface area (Å²) >= 11 is 0. The lowest BCUT2D eigenvalue weighted by Gasteiger charge is -2.16. The molecule has 20 heavy (non-hydrogen) atoms. The number of ether oxygens (including phenoxy) is 3. The molecular formula is C15H23NO4. The minimum Gasteiger partial charge on any atom is -0.493 e. The lowest BCUT2D eigenvalue weighted by molar-refractivity contribution is -0.143. The average Bonchev–Trinajstić information content (AvgIpc) is 2.46. The number of hydrogen-bond acceptors (Lipinski definition) is 5. The Morgan fingerprint density at radius 1 is 1.30 bits per heavy atom. The molecule has 0 aliphatic carbocycles. The third kappa shape index (κ3) is 4.74. The molecule has 0 saturated carbocycles. The van der Waals surface area contributed by atoms with Crippen molar-refractivity contribution < 1.29 is 19.0 Å². The molecule has 1 aromatic rings. The highest BCUT2D eigenvalue weighted by molar-refractivity contribution is 5.75. The maximum Gasteiger partial charge on any atom is 0.322 e. The first-order chi connectivity index (χ1) is 9.62. The first-order valence-corrected chi connectivity index (χ1v) is 6.71. The fourth-order valence-electron chi connectivity index (χ4n) is 1.87. The molecule has 0 amide bonds. The largest absolute Gasteiger partial charge is 0.493 e. The number of carbonyl (C=O) groups is 1. The number of nitrogens with one attached hydrogen (secondary N) is 1. The Morgan fingerprint density at radius 2 is 2.05 bits per heavy atom. The molecule has 0 aliphatic rings. The van der Waals surface area contributed by atoms with Gasteiger partial charge >= 0.3 is 5.97 Å². The van der Waals surface area contributed by atoms with Crippen LogP contribution in [0.15, 0.2) is 18.2 Å². The van der Waals surface area contributed by atoms with E-state index in [4.69, 9.17) is 14.2 Å². The molecule has 5 heteroatoms. The minimum atomic E-state index is -0.346. The molecule has 1 unspecified atom stereocenters. The van der Waals surface area contributed by atoms with Gasteiger partial charge in [-0.25, -0.2) is 0 Å². The Hall–Kier alpha value is -1.75. The molecule has 1 atom stereocenters. The van der Waals surface area contributed by atoms with Crippen LogP contribution in [0.5, 0.6) is 11.5 Å². The third-order valence-corrected chi connectivity index (χ3v) is 2.92. The van der Waals surface area contributed by atoms with Crippen LogP contribution in [0.25, 0.3) is 0 Å². The van der Waals surface area contributed by atoms with Gasteiger partial charge in [0.05, 0.1) is 20.8 Å². The molecule has 0 bridgehead atoms. The van der Waals surface area contributed by atoms with Crippen molar-refractivity contribution in [2.75, 3.05) is 27.4 Å². The second kappa shape index (κ2) is 8.43. The summed E-state index contributed by atoms with van der Waals surface area (Å²) in [5.41, 5.74) is 1.11. The fraction of sp³-hybridized carbons (Fsp3) is 0.533. The van der Waals surface area contributed by atoms with Gasteiger partial charge in [-0.2, -0.15) is 0 Å². The number of aryl methyl sites for hydroxylation is 1. The summed E-state index contributed by atoms with van der Waals surface area (Å²) in [6.07, 6.45) is 0.539. The van der Waals surface area contributed by atoms with Crippen molar-refractivity contribution in [2.45, 2.75) is 26.3 Å². The number of hydrogen-bond donors (Lipinski definition) is 1. The highest BCUT2D eigenvalue weighted by atomic mass is 16.5. The molecule has 1 N–H and O–H groups in total. The van der Waals surface area contributed by atoms with E-state index in [1.165, 1.54) is 7.11 Å². The van der Waals surface area contributed by atoms with E-state index in [2.05, 4.69) is 5.32 Å². The number of likely N-dealkylation sites (N-methyl/N-ethyl adjacent to an activating group) is 1.